The standard InChI is InChI=1S/C10H8.C7H6N2/c1-2-6-10-8-4-3-7-9(10)5-1;1-2-4-7-6(3-1)8-5-9-7/h1-8H;1-5H,(H,8,9). The zero-order valence-electron chi connectivity index (χ0n) is 10.5. The Labute approximate surface area is 111 Å². The lowest BCUT2D eigenvalue weighted by atomic mass is 10.1. The second kappa shape index (κ2) is 5.36. The van der Waals surface area contributed by atoms with E-state index >= 15 is 0 Å². The molecule has 1 N–H and O–H groups in total. The number of hydrogen-bond donors (Lipinski definition) is 1. The summed E-state index contributed by atoms with van der Waals surface area (Å²) in [7, 11) is 0. The highest BCUT2D eigenvalue weighted by atomic mass is 14.9. The molecule has 0 aliphatic rings. The van der Waals surface area contributed by atoms with E-state index in [0.717, 1.165) is 11.0 Å². The Bertz CT molecular complexity index is 691. The molecule has 0 fully saturated rings. The Morgan fingerprint density at radius 1 is 0.632 bits per heavy atom. The fraction of sp³-hybridized carbons (Fsp3) is 0. The van der Waals surface area contributed by atoms with Crippen LogP contribution < -0.4 is 0 Å². The number of aromatic amines is 1. The fourth-order valence-corrected chi connectivity index (χ4v) is 2.01. The maximum absolute atomic E-state index is 4.06. The van der Waals surface area contributed by atoms with Crippen molar-refractivity contribution in [2.45, 2.75) is 0 Å². The predicted molar refractivity (Wildman–Crippen MR) is 80.0 cm³/mol. The van der Waals surface area contributed by atoms with Gasteiger partial charge < -0.3 is 4.98 Å². The molecule has 0 aliphatic heterocycles. The van der Waals surface area contributed by atoms with Crippen LogP contribution in [-0.4, -0.2) is 9.97 Å². The molecule has 3 aromatic carbocycles. The van der Waals surface area contributed by atoms with E-state index in [-0.39, 0.29) is 0 Å². The van der Waals surface area contributed by atoms with Crippen molar-refractivity contribution in [3.8, 4) is 0 Å². The Morgan fingerprint density at radius 2 is 1.16 bits per heavy atom. The molecule has 0 aliphatic carbocycles. The molecule has 19 heavy (non-hydrogen) atoms. The first-order valence-corrected chi connectivity index (χ1v) is 6.25. The number of benzene rings is 3. The van der Waals surface area contributed by atoms with Crippen molar-refractivity contribution in [2.24, 2.45) is 0 Å². The van der Waals surface area contributed by atoms with Crippen molar-refractivity contribution in [1.29, 1.82) is 0 Å². The van der Waals surface area contributed by atoms with Crippen LogP contribution in [0.25, 0.3) is 21.8 Å². The van der Waals surface area contributed by atoms with Crippen LogP contribution in [0, 0.1) is 0 Å². The number of imidazole rings is 1. The van der Waals surface area contributed by atoms with Gasteiger partial charge in [-0.05, 0) is 22.9 Å². The molecule has 0 saturated carbocycles. The summed E-state index contributed by atoms with van der Waals surface area (Å²) >= 11 is 0. The molecule has 1 heterocycles. The summed E-state index contributed by atoms with van der Waals surface area (Å²) in [5, 5.41) is 2.62. The number of fused-ring (bicyclic) bond motifs is 2. The lowest BCUT2D eigenvalue weighted by Crippen LogP contribution is -1.67. The van der Waals surface area contributed by atoms with Crippen molar-refractivity contribution < 1.29 is 0 Å². The van der Waals surface area contributed by atoms with Gasteiger partial charge in [0.2, 0.25) is 0 Å². The summed E-state index contributed by atoms with van der Waals surface area (Å²) in [5.74, 6) is 0. The van der Waals surface area contributed by atoms with Crippen molar-refractivity contribution in [1.82, 2.24) is 9.97 Å². The van der Waals surface area contributed by atoms with Crippen LogP contribution >= 0.6 is 0 Å². The van der Waals surface area contributed by atoms with Gasteiger partial charge in [0.1, 0.15) is 0 Å². The first-order valence-electron chi connectivity index (χ1n) is 6.25. The second-order valence-electron chi connectivity index (χ2n) is 4.27. The van der Waals surface area contributed by atoms with Crippen molar-refractivity contribution >= 4 is 21.8 Å². The number of H-pyrrole nitrogens is 1. The lowest BCUT2D eigenvalue weighted by molar-refractivity contribution is 1.34. The van der Waals surface area contributed by atoms with Gasteiger partial charge in [0, 0.05) is 0 Å². The highest BCUT2D eigenvalue weighted by Gasteiger charge is 1.88. The smallest absolute Gasteiger partial charge is 0.0931 e. The van der Waals surface area contributed by atoms with E-state index in [1.165, 1.54) is 10.8 Å². The minimum Gasteiger partial charge on any atom is -0.345 e. The molecule has 2 nitrogen and oxygen atoms in total. The van der Waals surface area contributed by atoms with Crippen LogP contribution in [0.15, 0.2) is 79.1 Å². The van der Waals surface area contributed by atoms with Crippen LogP contribution in [0.4, 0.5) is 0 Å². The van der Waals surface area contributed by atoms with Crippen LogP contribution in [0.1, 0.15) is 0 Å². The molecule has 0 spiro atoms. The number of hydrogen-bond acceptors (Lipinski definition) is 1. The predicted octanol–water partition coefficient (Wildman–Crippen LogP) is 4.40. The molecule has 1 aromatic heterocycles. The average Bonchev–Trinajstić information content (AvgIpc) is 2.96. The molecule has 0 atom stereocenters. The molecule has 0 amide bonds. The zero-order valence-corrected chi connectivity index (χ0v) is 10.5. The SMILES string of the molecule is c1ccc2[nH]cnc2c1.c1ccc2ccccc2c1. The van der Waals surface area contributed by atoms with Gasteiger partial charge in [-0.25, -0.2) is 4.98 Å². The third kappa shape index (κ3) is 2.63. The molecular formula is C17H14N2. The van der Waals surface area contributed by atoms with Gasteiger partial charge in [0.05, 0.1) is 17.4 Å². The van der Waals surface area contributed by atoms with Gasteiger partial charge in [-0.2, -0.15) is 0 Å². The molecule has 2 heteroatoms. The summed E-state index contributed by atoms with van der Waals surface area (Å²) in [6.45, 7) is 0. The fourth-order valence-electron chi connectivity index (χ4n) is 2.01. The lowest BCUT2D eigenvalue weighted by Gasteiger charge is -1.92. The number of aromatic nitrogens is 2. The third-order valence-corrected chi connectivity index (χ3v) is 2.99. The van der Waals surface area contributed by atoms with E-state index in [0.29, 0.717) is 0 Å². The van der Waals surface area contributed by atoms with Gasteiger partial charge in [-0.3, -0.25) is 0 Å². The summed E-state index contributed by atoms with van der Waals surface area (Å²) < 4.78 is 0. The Balaban J connectivity index is 0.000000117. The molecule has 4 aromatic rings. The molecule has 0 bridgehead atoms. The number of nitrogens with zero attached hydrogens (tertiary/aromatic N) is 1. The first-order chi connectivity index (χ1) is 9.43. The van der Waals surface area contributed by atoms with E-state index in [2.05, 4.69) is 58.5 Å². The highest BCUT2D eigenvalue weighted by Crippen LogP contribution is 2.11. The van der Waals surface area contributed by atoms with Crippen molar-refractivity contribution in [2.75, 3.05) is 0 Å². The quantitative estimate of drug-likeness (QED) is 0.489. The van der Waals surface area contributed by atoms with E-state index in [4.69, 9.17) is 0 Å². The van der Waals surface area contributed by atoms with E-state index in [9.17, 15) is 0 Å². The van der Waals surface area contributed by atoms with Gasteiger partial charge in [-0.1, -0.05) is 60.7 Å². The average molecular weight is 246 g/mol. The Hall–Kier alpha value is -2.61. The van der Waals surface area contributed by atoms with Crippen LogP contribution in [0.5, 0.6) is 0 Å². The molecule has 0 unspecified atom stereocenters. The largest absolute Gasteiger partial charge is 0.345 e. The minimum absolute atomic E-state index is 1.03. The van der Waals surface area contributed by atoms with Gasteiger partial charge in [0.25, 0.3) is 0 Å². The van der Waals surface area contributed by atoms with Gasteiger partial charge in [-0.15, -0.1) is 0 Å². The van der Waals surface area contributed by atoms with Crippen LogP contribution in [0.2, 0.25) is 0 Å². The topological polar surface area (TPSA) is 28.7 Å². The summed E-state index contributed by atoms with van der Waals surface area (Å²) in [6, 6.07) is 24.7. The normalized spacial score (nSPS) is 10.1. The van der Waals surface area contributed by atoms with Gasteiger partial charge >= 0.3 is 0 Å². The monoisotopic (exact) mass is 246 g/mol. The number of nitrogens with one attached hydrogen (secondary N) is 1. The van der Waals surface area contributed by atoms with Crippen molar-refractivity contribution in [3.05, 3.63) is 79.1 Å². The van der Waals surface area contributed by atoms with E-state index in [1.807, 2.05) is 24.3 Å². The van der Waals surface area contributed by atoms with Crippen LogP contribution in [0.3, 0.4) is 0 Å². The summed E-state index contributed by atoms with van der Waals surface area (Å²) in [6.07, 6.45) is 1.70. The van der Waals surface area contributed by atoms with E-state index < -0.39 is 0 Å². The van der Waals surface area contributed by atoms with Gasteiger partial charge in [0.15, 0.2) is 0 Å². The minimum atomic E-state index is 1.03. The maximum Gasteiger partial charge on any atom is 0.0931 e. The van der Waals surface area contributed by atoms with Crippen molar-refractivity contribution in [3.63, 3.8) is 0 Å². The molecule has 0 saturated heterocycles. The second-order valence-corrected chi connectivity index (χ2v) is 4.27. The number of para-hydroxylation sites is 2. The third-order valence-electron chi connectivity index (χ3n) is 2.99. The highest BCUT2D eigenvalue weighted by molar-refractivity contribution is 5.82. The molecule has 92 valence electrons. The summed E-state index contributed by atoms with van der Waals surface area (Å²) in [5.41, 5.74) is 2.12. The molecule has 4 rings (SSSR count). The van der Waals surface area contributed by atoms with Crippen LogP contribution in [-0.2, 0) is 0 Å². The maximum atomic E-state index is 4.06. The summed E-state index contributed by atoms with van der Waals surface area (Å²) in [4.78, 5) is 7.07. The Morgan fingerprint density at radius 3 is 1.74 bits per heavy atom. The zero-order chi connectivity index (χ0) is 12.9. The first kappa shape index (κ1) is 11.5. The number of rotatable bonds is 0. The molecular weight excluding hydrogens is 232 g/mol. The Kier molecular flexibility index (Phi) is 3.24. The molecule has 0 radical (unpaired) electrons. The van der Waals surface area contributed by atoms with E-state index in [1.54, 1.807) is 6.33 Å².